The molecule has 106 valence electrons. The highest BCUT2D eigenvalue weighted by atomic mass is 32.2. The Bertz CT molecular complexity index is 707. The number of aryl methyl sites for hydroxylation is 1. The van der Waals surface area contributed by atoms with Gasteiger partial charge in [0.1, 0.15) is 0 Å². The van der Waals surface area contributed by atoms with Crippen LogP contribution < -0.4 is 0 Å². The van der Waals surface area contributed by atoms with Crippen molar-refractivity contribution >= 4 is 11.8 Å². The van der Waals surface area contributed by atoms with E-state index in [0.29, 0.717) is 11.1 Å². The van der Waals surface area contributed by atoms with Crippen LogP contribution in [0.5, 0.6) is 0 Å². The van der Waals surface area contributed by atoms with E-state index in [4.69, 9.17) is 4.42 Å². The summed E-state index contributed by atoms with van der Waals surface area (Å²) in [4.78, 5) is 0. The predicted molar refractivity (Wildman–Crippen MR) is 85.2 cm³/mol. The van der Waals surface area contributed by atoms with Gasteiger partial charge in [0.2, 0.25) is 5.89 Å². The van der Waals surface area contributed by atoms with Crippen molar-refractivity contribution in [1.29, 1.82) is 0 Å². The monoisotopic (exact) mass is 296 g/mol. The van der Waals surface area contributed by atoms with E-state index in [9.17, 15) is 0 Å². The second-order valence-corrected chi connectivity index (χ2v) is 6.20. The first kappa shape index (κ1) is 13.9. The third-order valence-electron chi connectivity index (χ3n) is 3.25. The summed E-state index contributed by atoms with van der Waals surface area (Å²) < 4.78 is 5.74. The molecule has 0 bridgehead atoms. The molecule has 0 N–H and O–H groups in total. The van der Waals surface area contributed by atoms with Gasteiger partial charge in [0.05, 0.1) is 0 Å². The molecule has 0 aliphatic rings. The van der Waals surface area contributed by atoms with Crippen molar-refractivity contribution in [2.24, 2.45) is 0 Å². The topological polar surface area (TPSA) is 38.9 Å². The summed E-state index contributed by atoms with van der Waals surface area (Å²) in [5.41, 5.74) is 3.41. The highest BCUT2D eigenvalue weighted by molar-refractivity contribution is 7.99. The first-order valence-corrected chi connectivity index (χ1v) is 7.72. The van der Waals surface area contributed by atoms with E-state index in [1.807, 2.05) is 42.5 Å². The van der Waals surface area contributed by atoms with E-state index < -0.39 is 0 Å². The summed E-state index contributed by atoms with van der Waals surface area (Å²) in [5, 5.41) is 9.13. The van der Waals surface area contributed by atoms with Gasteiger partial charge in [0, 0.05) is 10.8 Å². The van der Waals surface area contributed by atoms with Gasteiger partial charge < -0.3 is 4.42 Å². The second kappa shape index (κ2) is 6.14. The van der Waals surface area contributed by atoms with Crippen LogP contribution in [-0.2, 0) is 0 Å². The Hall–Kier alpha value is -2.07. The molecule has 3 rings (SSSR count). The number of hydrogen-bond acceptors (Lipinski definition) is 4. The van der Waals surface area contributed by atoms with Crippen molar-refractivity contribution in [2.75, 3.05) is 0 Å². The molecule has 3 nitrogen and oxygen atoms in total. The summed E-state index contributed by atoms with van der Waals surface area (Å²) in [5.74, 6) is 0.567. The van der Waals surface area contributed by atoms with E-state index in [-0.39, 0.29) is 5.25 Å². The quantitative estimate of drug-likeness (QED) is 0.642. The fraction of sp³-hybridized carbons (Fsp3) is 0.176. The molecule has 0 saturated carbocycles. The minimum Gasteiger partial charge on any atom is -0.411 e. The maximum absolute atomic E-state index is 5.74. The van der Waals surface area contributed by atoms with Crippen LogP contribution in [0.1, 0.15) is 23.3 Å². The molecule has 0 spiro atoms. The van der Waals surface area contributed by atoms with Gasteiger partial charge in [-0.3, -0.25) is 0 Å². The summed E-state index contributed by atoms with van der Waals surface area (Å²) >= 11 is 1.58. The Balaban J connectivity index is 1.75. The molecule has 0 radical (unpaired) electrons. The first-order chi connectivity index (χ1) is 10.2. The van der Waals surface area contributed by atoms with Crippen molar-refractivity contribution in [2.45, 2.75) is 24.3 Å². The molecular formula is C17H16N2OS. The number of aromatic nitrogens is 2. The molecule has 21 heavy (non-hydrogen) atoms. The van der Waals surface area contributed by atoms with Crippen molar-refractivity contribution in [3.8, 4) is 11.5 Å². The van der Waals surface area contributed by atoms with Crippen LogP contribution in [0.4, 0.5) is 0 Å². The summed E-state index contributed by atoms with van der Waals surface area (Å²) in [6.07, 6.45) is 0. The van der Waals surface area contributed by atoms with Crippen LogP contribution in [0.2, 0.25) is 0 Å². The lowest BCUT2D eigenvalue weighted by Crippen LogP contribution is -1.87. The summed E-state index contributed by atoms with van der Waals surface area (Å²) in [6.45, 7) is 4.19. The third kappa shape index (κ3) is 3.34. The Morgan fingerprint density at radius 3 is 2.38 bits per heavy atom. The van der Waals surface area contributed by atoms with Crippen LogP contribution in [0.15, 0.2) is 64.2 Å². The lowest BCUT2D eigenvalue weighted by atomic mass is 10.1. The average Bonchev–Trinajstić information content (AvgIpc) is 2.97. The van der Waals surface area contributed by atoms with Crippen LogP contribution >= 0.6 is 11.8 Å². The van der Waals surface area contributed by atoms with Crippen LogP contribution in [0.3, 0.4) is 0 Å². The Labute approximate surface area is 128 Å². The molecule has 1 atom stereocenters. The van der Waals surface area contributed by atoms with Gasteiger partial charge in [-0.15, -0.1) is 10.2 Å². The van der Waals surface area contributed by atoms with Crippen molar-refractivity contribution in [3.63, 3.8) is 0 Å². The molecule has 0 saturated heterocycles. The highest BCUT2D eigenvalue weighted by Crippen LogP contribution is 2.34. The molecular weight excluding hydrogens is 280 g/mol. The van der Waals surface area contributed by atoms with E-state index in [1.54, 1.807) is 11.8 Å². The Morgan fingerprint density at radius 1 is 0.952 bits per heavy atom. The van der Waals surface area contributed by atoms with Gasteiger partial charge in [0.15, 0.2) is 0 Å². The zero-order valence-corrected chi connectivity index (χ0v) is 12.8. The minimum atomic E-state index is 0.275. The number of thioether (sulfide) groups is 1. The normalized spacial score (nSPS) is 12.3. The van der Waals surface area contributed by atoms with E-state index in [0.717, 1.165) is 5.56 Å². The number of benzene rings is 2. The number of nitrogens with zero attached hydrogens (tertiary/aromatic N) is 2. The maximum atomic E-state index is 5.74. The van der Waals surface area contributed by atoms with Crippen LogP contribution in [-0.4, -0.2) is 10.2 Å². The van der Waals surface area contributed by atoms with Crippen molar-refractivity contribution < 1.29 is 4.42 Å². The third-order valence-corrected chi connectivity index (χ3v) is 4.24. The zero-order valence-electron chi connectivity index (χ0n) is 12.0. The molecule has 0 fully saturated rings. The van der Waals surface area contributed by atoms with Crippen molar-refractivity contribution in [1.82, 2.24) is 10.2 Å². The Morgan fingerprint density at radius 2 is 1.67 bits per heavy atom. The standard InChI is InChI=1S/C17H16N2OS/c1-12-8-10-15(11-9-12)16-18-19-17(20-16)21-13(2)14-6-4-3-5-7-14/h3-11,13H,1-2H3. The summed E-state index contributed by atoms with van der Waals surface area (Å²) in [7, 11) is 0. The van der Waals surface area contributed by atoms with Crippen LogP contribution in [0, 0.1) is 6.92 Å². The molecule has 3 aromatic rings. The lowest BCUT2D eigenvalue weighted by Gasteiger charge is -2.07. The minimum absolute atomic E-state index is 0.275. The van der Waals surface area contributed by atoms with Gasteiger partial charge in [-0.2, -0.15) is 0 Å². The zero-order chi connectivity index (χ0) is 14.7. The fourth-order valence-electron chi connectivity index (χ4n) is 2.01. The van der Waals surface area contributed by atoms with E-state index in [2.05, 4.69) is 36.2 Å². The van der Waals surface area contributed by atoms with Gasteiger partial charge in [-0.05, 0) is 31.5 Å². The van der Waals surface area contributed by atoms with E-state index >= 15 is 0 Å². The lowest BCUT2D eigenvalue weighted by molar-refractivity contribution is 0.465. The van der Waals surface area contributed by atoms with E-state index in [1.165, 1.54) is 11.1 Å². The van der Waals surface area contributed by atoms with Gasteiger partial charge in [-0.25, -0.2) is 0 Å². The summed E-state index contributed by atoms with van der Waals surface area (Å²) in [6, 6.07) is 18.4. The number of rotatable bonds is 4. The average molecular weight is 296 g/mol. The first-order valence-electron chi connectivity index (χ1n) is 6.84. The molecule has 1 unspecified atom stereocenters. The molecule has 0 aliphatic carbocycles. The maximum Gasteiger partial charge on any atom is 0.277 e. The Kier molecular flexibility index (Phi) is 4.06. The molecule has 0 aliphatic heterocycles. The fourth-order valence-corrected chi connectivity index (χ4v) is 2.82. The SMILES string of the molecule is Cc1ccc(-c2nnc(SC(C)c3ccccc3)o2)cc1. The predicted octanol–water partition coefficient (Wildman–Crippen LogP) is 4.90. The molecule has 2 aromatic carbocycles. The number of hydrogen-bond donors (Lipinski definition) is 0. The molecule has 0 amide bonds. The van der Waals surface area contributed by atoms with Crippen LogP contribution in [0.25, 0.3) is 11.5 Å². The molecule has 1 heterocycles. The van der Waals surface area contributed by atoms with Gasteiger partial charge >= 0.3 is 0 Å². The largest absolute Gasteiger partial charge is 0.411 e. The smallest absolute Gasteiger partial charge is 0.277 e. The second-order valence-electron chi connectivity index (χ2n) is 4.91. The molecule has 1 aromatic heterocycles. The van der Waals surface area contributed by atoms with Gasteiger partial charge in [-0.1, -0.05) is 59.8 Å². The van der Waals surface area contributed by atoms with Gasteiger partial charge in [0.25, 0.3) is 5.22 Å². The van der Waals surface area contributed by atoms with Crippen molar-refractivity contribution in [3.05, 3.63) is 65.7 Å². The highest BCUT2D eigenvalue weighted by Gasteiger charge is 2.13. The molecule has 4 heteroatoms.